The first-order valence-corrected chi connectivity index (χ1v) is 11.0. The van der Waals surface area contributed by atoms with E-state index in [0.717, 1.165) is 0 Å². The van der Waals surface area contributed by atoms with Crippen molar-refractivity contribution in [3.05, 3.63) is 30.6 Å². The fourth-order valence-electron chi connectivity index (χ4n) is 0.342. The molecule has 1 heterocycles. The molecule has 0 saturated carbocycles. The molecule has 0 aliphatic rings. The van der Waals surface area contributed by atoms with Gasteiger partial charge in [0.15, 0.2) is 12.4 Å². The SMILES string of the molecule is [O]=[V-]([Cl])([Cl])([Cl])[Cl].c1cc[nH+]cc1. The number of aromatic nitrogens is 1. The van der Waals surface area contributed by atoms with Crippen LogP contribution in [0.25, 0.3) is 0 Å². The molecule has 0 aliphatic heterocycles. The molecule has 7 heteroatoms. The summed E-state index contributed by atoms with van der Waals surface area (Å²) in [5, 5.41) is 0. The minimum absolute atomic E-state index is 1.88. The van der Waals surface area contributed by atoms with Crippen LogP contribution in [0.2, 0.25) is 0 Å². The number of halogens is 4. The molecule has 1 rings (SSSR count). The standard InChI is InChI=1S/C5H5N.4ClH.O.V/c1-2-4-6-5-3-1;;;;;;/h1-5H;4*1H;;/q;;;;;;+3/p-3. The second kappa shape index (κ2) is 4.80. The molecule has 0 unspecified atom stereocenters. The molecule has 2 nitrogen and oxygen atoms in total. The van der Waals surface area contributed by atoms with Gasteiger partial charge in [0.1, 0.15) is 0 Å². The van der Waals surface area contributed by atoms with Crippen molar-refractivity contribution >= 4 is 39.4 Å². The molecule has 12 heavy (non-hydrogen) atoms. The first kappa shape index (κ1) is 12.7. The van der Waals surface area contributed by atoms with Gasteiger partial charge in [-0.2, -0.15) is 0 Å². The first-order chi connectivity index (χ1) is 5.24. The van der Waals surface area contributed by atoms with Gasteiger partial charge < -0.3 is 0 Å². The van der Waals surface area contributed by atoms with Crippen molar-refractivity contribution < 1.29 is 17.7 Å². The zero-order valence-electron chi connectivity index (χ0n) is 5.75. The second-order valence-corrected chi connectivity index (χ2v) is 18.7. The Morgan fingerprint density at radius 2 is 1.25 bits per heavy atom. The van der Waals surface area contributed by atoms with E-state index < -0.39 is 9.00 Å². The zero-order valence-corrected chi connectivity index (χ0v) is 10.2. The number of H-pyrrole nitrogens is 1. The zero-order chi connectivity index (χ0) is 9.69. The molecule has 1 N–H and O–H groups in total. The van der Waals surface area contributed by atoms with E-state index in [2.05, 4.69) is 4.98 Å². The smallest absolute Gasteiger partial charge is 0.166 e. The largest absolute Gasteiger partial charge is 0.218 e. The summed E-state index contributed by atoms with van der Waals surface area (Å²) in [6.45, 7) is 0. The summed E-state index contributed by atoms with van der Waals surface area (Å²) >= 11 is 0. The van der Waals surface area contributed by atoms with Crippen LogP contribution < -0.4 is 4.98 Å². The van der Waals surface area contributed by atoms with Crippen molar-refractivity contribution in [1.29, 1.82) is 0 Å². The van der Waals surface area contributed by atoms with Crippen molar-refractivity contribution in [3.8, 4) is 0 Å². The molecule has 0 aliphatic carbocycles. The number of hydrogen-bond donors (Lipinski definition) is 0. The van der Waals surface area contributed by atoms with Crippen LogP contribution in [0.4, 0.5) is 0 Å². The average Bonchev–Trinajstić information content (AvgIpc) is 1.86. The minimum atomic E-state index is -4.85. The van der Waals surface area contributed by atoms with E-state index in [1.807, 2.05) is 30.6 Å². The molecule has 1 aromatic rings. The van der Waals surface area contributed by atoms with Gasteiger partial charge in [-0.05, 0) is 0 Å². The van der Waals surface area contributed by atoms with Gasteiger partial charge in [-0.25, -0.2) is 4.98 Å². The van der Waals surface area contributed by atoms with Gasteiger partial charge in [0.2, 0.25) is 0 Å². The average molecular weight is 289 g/mol. The van der Waals surface area contributed by atoms with Crippen LogP contribution in [0, 0.1) is 0 Å². The molecular weight excluding hydrogens is 283 g/mol. The molecule has 0 amide bonds. The van der Waals surface area contributed by atoms with Gasteiger partial charge in [-0.15, -0.1) is 0 Å². The Morgan fingerprint density at radius 1 is 0.917 bits per heavy atom. The van der Waals surface area contributed by atoms with E-state index in [0.29, 0.717) is 0 Å². The Labute approximate surface area is 87.2 Å². The van der Waals surface area contributed by atoms with Crippen LogP contribution in [0.3, 0.4) is 0 Å². The van der Waals surface area contributed by atoms with Gasteiger partial charge in [0.05, 0.1) is 0 Å². The maximum atomic E-state index is 9.92. The number of hydrogen-bond acceptors (Lipinski definition) is 1. The van der Waals surface area contributed by atoms with Gasteiger partial charge in [-0.3, -0.25) is 0 Å². The monoisotopic (exact) mass is 287 g/mol. The Hall–Kier alpha value is 0.694. The number of rotatable bonds is 0. The van der Waals surface area contributed by atoms with Crippen LogP contribution >= 0.6 is 39.4 Å². The molecule has 1 aromatic heterocycles. The Balaban J connectivity index is 0.000000202. The van der Waals surface area contributed by atoms with Gasteiger partial charge in [0.25, 0.3) is 0 Å². The van der Waals surface area contributed by atoms with Crippen LogP contribution in [0.15, 0.2) is 30.6 Å². The Bertz CT molecular complexity index is 235. The van der Waals surface area contributed by atoms with E-state index in [1.54, 1.807) is 0 Å². The van der Waals surface area contributed by atoms with Crippen molar-refractivity contribution in [1.82, 2.24) is 0 Å². The van der Waals surface area contributed by atoms with E-state index in [9.17, 15) is 3.67 Å². The maximum Gasteiger partial charge on any atom is 0.166 e. The predicted molar refractivity (Wildman–Crippen MR) is 47.1 cm³/mol. The van der Waals surface area contributed by atoms with E-state index in [4.69, 9.17) is 39.4 Å². The normalized spacial score (nSPS) is 13.5. The molecule has 0 aromatic carbocycles. The summed E-state index contributed by atoms with van der Waals surface area (Å²) in [4.78, 5) is 2.89. The third-order valence-electron chi connectivity index (χ3n) is 0.607. The van der Waals surface area contributed by atoms with Crippen LogP contribution in [-0.2, 0) is 12.7 Å². The molecule has 0 bridgehead atoms. The van der Waals surface area contributed by atoms with E-state index >= 15 is 0 Å². The first-order valence-electron chi connectivity index (χ1n) is 2.77. The van der Waals surface area contributed by atoms with Crippen molar-refractivity contribution in [2.75, 3.05) is 0 Å². The fraction of sp³-hybridized carbons (Fsp3) is 0. The Morgan fingerprint density at radius 3 is 1.33 bits per heavy atom. The maximum absolute atomic E-state index is 9.92. The molecule has 0 atom stereocenters. The van der Waals surface area contributed by atoms with E-state index in [-0.39, 0.29) is 0 Å². The molecular formula is C5H6Cl4NOV. The Kier molecular flexibility index (Phi) is 5.08. The summed E-state index contributed by atoms with van der Waals surface area (Å²) < 4.78 is 9.92. The summed E-state index contributed by atoms with van der Waals surface area (Å²) in [6.07, 6.45) is 3.75. The molecule has 0 radical (unpaired) electrons. The van der Waals surface area contributed by atoms with E-state index in [1.165, 1.54) is 0 Å². The van der Waals surface area contributed by atoms with Crippen LogP contribution in [0.1, 0.15) is 0 Å². The van der Waals surface area contributed by atoms with Gasteiger partial charge in [0, 0.05) is 12.1 Å². The summed E-state index contributed by atoms with van der Waals surface area (Å²) in [6, 6.07) is 5.86. The number of nitrogens with one attached hydrogen (secondary N) is 1. The van der Waals surface area contributed by atoms with Crippen molar-refractivity contribution in [2.24, 2.45) is 0 Å². The third-order valence-corrected chi connectivity index (χ3v) is 0.607. The van der Waals surface area contributed by atoms with Crippen molar-refractivity contribution in [2.45, 2.75) is 0 Å². The number of aromatic amines is 1. The van der Waals surface area contributed by atoms with Crippen LogP contribution in [0.5, 0.6) is 0 Å². The summed E-state index contributed by atoms with van der Waals surface area (Å²) in [5.74, 6) is 0. The molecule has 0 fully saturated rings. The van der Waals surface area contributed by atoms with Gasteiger partial charge in [-0.1, -0.05) is 6.07 Å². The molecule has 0 spiro atoms. The fourth-order valence-corrected chi connectivity index (χ4v) is 0.342. The summed E-state index contributed by atoms with van der Waals surface area (Å²) in [7, 11) is 14.0. The third kappa shape index (κ3) is 22.4. The minimum Gasteiger partial charge on any atom is -0.218 e. The molecule has 70 valence electrons. The summed E-state index contributed by atoms with van der Waals surface area (Å²) in [5.41, 5.74) is 0. The quantitative estimate of drug-likeness (QED) is 0.721. The molecule has 0 saturated heterocycles. The van der Waals surface area contributed by atoms with Gasteiger partial charge >= 0.3 is 52.1 Å². The van der Waals surface area contributed by atoms with Crippen LogP contribution in [-0.4, -0.2) is 0 Å². The predicted octanol–water partition coefficient (Wildman–Crippen LogP) is 3.14. The number of pyridine rings is 1. The topological polar surface area (TPSA) is 31.2 Å². The second-order valence-electron chi connectivity index (χ2n) is 1.74. The van der Waals surface area contributed by atoms with Crippen molar-refractivity contribution in [3.63, 3.8) is 0 Å².